The first-order valence-electron chi connectivity index (χ1n) is 8.29. The van der Waals surface area contributed by atoms with Gasteiger partial charge in [0.25, 0.3) is 0 Å². The largest absolute Gasteiger partial charge is 0.493 e. The van der Waals surface area contributed by atoms with E-state index in [1.54, 1.807) is 13.3 Å². The van der Waals surface area contributed by atoms with Crippen LogP contribution in [0.15, 0.2) is 30.9 Å². The summed E-state index contributed by atoms with van der Waals surface area (Å²) in [6, 6.07) is 3.91. The highest BCUT2D eigenvalue weighted by Gasteiger charge is 2.12. The number of ether oxygens (including phenoxy) is 2. The Bertz CT molecular complexity index is 617. The van der Waals surface area contributed by atoms with Crippen molar-refractivity contribution in [2.45, 2.75) is 33.4 Å². The van der Waals surface area contributed by atoms with Crippen molar-refractivity contribution in [1.29, 1.82) is 0 Å². The van der Waals surface area contributed by atoms with E-state index in [0.29, 0.717) is 29.0 Å². The highest BCUT2D eigenvalue weighted by atomic mass is 35.5. The molecule has 5 nitrogen and oxygen atoms in total. The van der Waals surface area contributed by atoms with Crippen LogP contribution < -0.4 is 14.8 Å². The lowest BCUT2D eigenvalue weighted by Gasteiger charge is -2.16. The van der Waals surface area contributed by atoms with Gasteiger partial charge >= 0.3 is 0 Å². The van der Waals surface area contributed by atoms with Crippen molar-refractivity contribution in [1.82, 2.24) is 14.9 Å². The summed E-state index contributed by atoms with van der Waals surface area (Å²) in [7, 11) is 1.63. The molecule has 1 N–H and O–H groups in total. The van der Waals surface area contributed by atoms with E-state index in [2.05, 4.69) is 28.7 Å². The molecule has 1 heterocycles. The van der Waals surface area contributed by atoms with E-state index in [0.717, 1.165) is 31.6 Å². The molecule has 0 aliphatic carbocycles. The van der Waals surface area contributed by atoms with E-state index in [4.69, 9.17) is 21.1 Å². The Morgan fingerprint density at radius 3 is 2.88 bits per heavy atom. The van der Waals surface area contributed by atoms with Crippen molar-refractivity contribution in [3.05, 3.63) is 41.4 Å². The normalized spacial score (nSPS) is 12.2. The van der Waals surface area contributed by atoms with Crippen molar-refractivity contribution in [3.63, 3.8) is 0 Å². The van der Waals surface area contributed by atoms with Crippen LogP contribution in [0.1, 0.15) is 25.8 Å². The monoisotopic (exact) mass is 351 g/mol. The van der Waals surface area contributed by atoms with Gasteiger partial charge in [-0.05, 0) is 36.6 Å². The topological polar surface area (TPSA) is 48.3 Å². The first-order chi connectivity index (χ1) is 11.6. The van der Waals surface area contributed by atoms with Gasteiger partial charge in [-0.1, -0.05) is 25.4 Å². The summed E-state index contributed by atoms with van der Waals surface area (Å²) in [5.41, 5.74) is 1.08. The molecule has 2 rings (SSSR count). The molecule has 1 unspecified atom stereocenters. The second kappa shape index (κ2) is 9.55. The Kier molecular flexibility index (Phi) is 7.40. The van der Waals surface area contributed by atoms with Gasteiger partial charge in [-0.3, -0.25) is 0 Å². The molecule has 6 heteroatoms. The van der Waals surface area contributed by atoms with Crippen LogP contribution in [0.3, 0.4) is 0 Å². The zero-order valence-corrected chi connectivity index (χ0v) is 15.3. The van der Waals surface area contributed by atoms with Gasteiger partial charge in [0, 0.05) is 25.5 Å². The minimum absolute atomic E-state index is 0.503. The van der Waals surface area contributed by atoms with E-state index in [1.807, 2.05) is 24.7 Å². The molecule has 0 saturated heterocycles. The smallest absolute Gasteiger partial charge is 0.179 e. The van der Waals surface area contributed by atoms with E-state index < -0.39 is 0 Å². The van der Waals surface area contributed by atoms with Crippen LogP contribution >= 0.6 is 11.6 Å². The molecule has 0 aliphatic rings. The quantitative estimate of drug-likeness (QED) is 0.708. The van der Waals surface area contributed by atoms with Crippen molar-refractivity contribution >= 4 is 11.6 Å². The summed E-state index contributed by atoms with van der Waals surface area (Å²) < 4.78 is 13.2. The Balaban J connectivity index is 1.88. The number of methoxy groups -OCH3 is 1. The molecule has 1 aromatic carbocycles. The molecule has 0 saturated carbocycles. The summed E-state index contributed by atoms with van der Waals surface area (Å²) in [4.78, 5) is 4.06. The van der Waals surface area contributed by atoms with Gasteiger partial charge in [0.2, 0.25) is 0 Å². The van der Waals surface area contributed by atoms with E-state index in [9.17, 15) is 0 Å². The highest BCUT2D eigenvalue weighted by molar-refractivity contribution is 6.32. The van der Waals surface area contributed by atoms with Crippen LogP contribution in [0.4, 0.5) is 0 Å². The van der Waals surface area contributed by atoms with Crippen molar-refractivity contribution in [2.24, 2.45) is 5.92 Å². The summed E-state index contributed by atoms with van der Waals surface area (Å²) in [5, 5.41) is 4.06. The van der Waals surface area contributed by atoms with Crippen LogP contribution in [0, 0.1) is 5.92 Å². The predicted octanol–water partition coefficient (Wildman–Crippen LogP) is 3.76. The second-order valence-electron chi connectivity index (χ2n) is 5.95. The fourth-order valence-corrected chi connectivity index (χ4v) is 2.79. The lowest BCUT2D eigenvalue weighted by atomic mass is 10.1. The van der Waals surface area contributed by atoms with Gasteiger partial charge in [0.05, 0.1) is 25.1 Å². The molecule has 132 valence electrons. The maximum absolute atomic E-state index is 6.34. The third-order valence-electron chi connectivity index (χ3n) is 3.64. The number of nitrogens with zero attached hydrogens (tertiary/aromatic N) is 2. The summed E-state index contributed by atoms with van der Waals surface area (Å²) >= 11 is 6.34. The average Bonchev–Trinajstić information content (AvgIpc) is 3.06. The molecular formula is C18H26ClN3O2. The SMILES string of the molecule is CCCOc1c(Cl)cc(CNCC(C)Cn2ccnc2)cc1OC. The number of imidazole rings is 1. The number of rotatable bonds is 10. The van der Waals surface area contributed by atoms with Crippen molar-refractivity contribution < 1.29 is 9.47 Å². The van der Waals surface area contributed by atoms with E-state index >= 15 is 0 Å². The molecule has 0 radical (unpaired) electrons. The third-order valence-corrected chi connectivity index (χ3v) is 3.92. The lowest BCUT2D eigenvalue weighted by molar-refractivity contribution is 0.294. The molecular weight excluding hydrogens is 326 g/mol. The molecule has 1 atom stereocenters. The van der Waals surface area contributed by atoms with Crippen LogP contribution in [-0.2, 0) is 13.1 Å². The fourth-order valence-electron chi connectivity index (χ4n) is 2.50. The van der Waals surface area contributed by atoms with Crippen molar-refractivity contribution in [2.75, 3.05) is 20.3 Å². The average molecular weight is 352 g/mol. The third kappa shape index (κ3) is 5.42. The highest BCUT2D eigenvalue weighted by Crippen LogP contribution is 2.36. The Hall–Kier alpha value is -1.72. The molecule has 0 fully saturated rings. The van der Waals surface area contributed by atoms with Gasteiger partial charge in [-0.25, -0.2) is 4.98 Å². The number of nitrogens with one attached hydrogen (secondary N) is 1. The minimum atomic E-state index is 0.503. The molecule has 0 amide bonds. The van der Waals surface area contributed by atoms with Gasteiger partial charge < -0.3 is 19.4 Å². The summed E-state index contributed by atoms with van der Waals surface area (Å²) in [6.45, 7) is 7.48. The molecule has 1 aromatic heterocycles. The number of hydrogen-bond acceptors (Lipinski definition) is 4. The van der Waals surface area contributed by atoms with Crippen LogP contribution in [0.25, 0.3) is 0 Å². The first-order valence-corrected chi connectivity index (χ1v) is 8.67. The number of hydrogen-bond donors (Lipinski definition) is 1. The maximum Gasteiger partial charge on any atom is 0.179 e. The molecule has 0 bridgehead atoms. The molecule has 0 spiro atoms. The number of halogens is 1. The molecule has 2 aromatic rings. The van der Waals surface area contributed by atoms with E-state index in [-0.39, 0.29) is 0 Å². The fraction of sp³-hybridized carbons (Fsp3) is 0.500. The van der Waals surface area contributed by atoms with Gasteiger partial charge in [-0.15, -0.1) is 0 Å². The van der Waals surface area contributed by atoms with Crippen molar-refractivity contribution in [3.8, 4) is 11.5 Å². The Morgan fingerprint density at radius 1 is 1.38 bits per heavy atom. The van der Waals surface area contributed by atoms with Gasteiger partial charge in [-0.2, -0.15) is 0 Å². The summed E-state index contributed by atoms with van der Waals surface area (Å²) in [5.74, 6) is 1.81. The zero-order valence-electron chi connectivity index (χ0n) is 14.6. The van der Waals surface area contributed by atoms with Gasteiger partial charge in [0.1, 0.15) is 0 Å². The summed E-state index contributed by atoms with van der Waals surface area (Å²) in [6.07, 6.45) is 6.56. The van der Waals surface area contributed by atoms with E-state index in [1.165, 1.54) is 0 Å². The minimum Gasteiger partial charge on any atom is -0.493 e. The number of aromatic nitrogens is 2. The second-order valence-corrected chi connectivity index (χ2v) is 6.36. The van der Waals surface area contributed by atoms with Gasteiger partial charge in [0.15, 0.2) is 11.5 Å². The Morgan fingerprint density at radius 2 is 2.21 bits per heavy atom. The Labute approximate surface area is 148 Å². The zero-order chi connectivity index (χ0) is 17.4. The molecule has 0 aliphatic heterocycles. The predicted molar refractivity (Wildman–Crippen MR) is 96.9 cm³/mol. The number of benzene rings is 1. The maximum atomic E-state index is 6.34. The molecule has 24 heavy (non-hydrogen) atoms. The first kappa shape index (κ1) is 18.6. The lowest BCUT2D eigenvalue weighted by Crippen LogP contribution is -2.23. The van der Waals surface area contributed by atoms with Crippen LogP contribution in [-0.4, -0.2) is 29.8 Å². The van der Waals surface area contributed by atoms with Crippen LogP contribution in [0.5, 0.6) is 11.5 Å². The standard InChI is InChI=1S/C18H26ClN3O2/c1-4-7-24-18-16(19)8-15(9-17(18)23-3)11-21-10-14(2)12-22-6-5-20-13-22/h5-6,8-9,13-14,21H,4,7,10-12H2,1-3H3. The van der Waals surface area contributed by atoms with Crippen LogP contribution in [0.2, 0.25) is 5.02 Å².